The fraction of sp³-hybridized carbons (Fsp3) is 0.381. The van der Waals surface area contributed by atoms with E-state index in [0.29, 0.717) is 12.5 Å². The molecule has 3 rings (SSSR count). The Morgan fingerprint density at radius 1 is 1.04 bits per heavy atom. The first-order valence-corrected chi connectivity index (χ1v) is 8.82. The molecule has 2 nitrogen and oxygen atoms in total. The monoisotopic (exact) mass is 359 g/mol. The molecular formula is C21H20F3NO. The van der Waals surface area contributed by atoms with Crippen molar-refractivity contribution in [3.8, 4) is 17.6 Å². The lowest BCUT2D eigenvalue weighted by Gasteiger charge is -2.26. The number of pyridine rings is 1. The third-order valence-electron chi connectivity index (χ3n) is 4.69. The van der Waals surface area contributed by atoms with Gasteiger partial charge in [0.1, 0.15) is 5.75 Å². The van der Waals surface area contributed by atoms with Crippen molar-refractivity contribution in [1.29, 1.82) is 0 Å². The van der Waals surface area contributed by atoms with Crippen molar-refractivity contribution in [3.05, 3.63) is 59.2 Å². The van der Waals surface area contributed by atoms with E-state index >= 15 is 0 Å². The smallest absolute Gasteiger partial charge is 0.251 e. The average molecular weight is 359 g/mol. The number of nitrogens with zero attached hydrogens (tertiary/aromatic N) is 1. The summed E-state index contributed by atoms with van der Waals surface area (Å²) in [4.78, 5) is 2.89. The molecule has 0 spiro atoms. The Morgan fingerprint density at radius 2 is 1.73 bits per heavy atom. The van der Waals surface area contributed by atoms with Crippen molar-refractivity contribution in [2.24, 2.45) is 5.92 Å². The van der Waals surface area contributed by atoms with Crippen LogP contribution in [0.1, 0.15) is 49.7 Å². The van der Waals surface area contributed by atoms with Crippen LogP contribution < -0.4 is 4.74 Å². The number of benzene rings is 1. The molecule has 26 heavy (non-hydrogen) atoms. The minimum Gasteiger partial charge on any atom is -0.494 e. The molecule has 136 valence electrons. The molecule has 0 radical (unpaired) electrons. The van der Waals surface area contributed by atoms with Gasteiger partial charge in [-0.3, -0.25) is 0 Å². The molecule has 0 amide bonds. The zero-order valence-electron chi connectivity index (χ0n) is 14.6. The third-order valence-corrected chi connectivity index (χ3v) is 4.69. The summed E-state index contributed by atoms with van der Waals surface area (Å²) in [5, 5.41) is 0. The highest BCUT2D eigenvalue weighted by Crippen LogP contribution is 2.36. The van der Waals surface area contributed by atoms with Gasteiger partial charge in [0, 0.05) is 5.92 Å². The van der Waals surface area contributed by atoms with E-state index in [1.54, 1.807) is 0 Å². The number of aromatic nitrogens is 1. The molecule has 0 atom stereocenters. The summed E-state index contributed by atoms with van der Waals surface area (Å²) in [6, 6.07) is 8.94. The second kappa shape index (κ2) is 8.27. The number of halogens is 3. The first kappa shape index (κ1) is 18.3. The second-order valence-corrected chi connectivity index (χ2v) is 6.42. The molecule has 0 bridgehead atoms. The highest BCUT2D eigenvalue weighted by Gasteiger charge is 2.21. The molecule has 1 aliphatic carbocycles. The van der Waals surface area contributed by atoms with E-state index < -0.39 is 17.7 Å². The van der Waals surface area contributed by atoms with Gasteiger partial charge < -0.3 is 4.74 Å². The number of hydrogen-bond acceptors (Lipinski definition) is 2. The maximum atomic E-state index is 13.5. The minimum absolute atomic E-state index is 0.126. The normalized spacial score (nSPS) is 19.5. The molecule has 1 aliphatic rings. The third kappa shape index (κ3) is 4.37. The van der Waals surface area contributed by atoms with Crippen LogP contribution in [0.5, 0.6) is 5.75 Å². The lowest BCUT2D eigenvalue weighted by atomic mass is 9.79. The van der Waals surface area contributed by atoms with Crippen LogP contribution >= 0.6 is 0 Å². The summed E-state index contributed by atoms with van der Waals surface area (Å²) in [5.41, 5.74) is 1.09. The van der Waals surface area contributed by atoms with Gasteiger partial charge in [-0.2, -0.15) is 13.8 Å². The van der Waals surface area contributed by atoms with Crippen LogP contribution in [0.3, 0.4) is 0 Å². The van der Waals surface area contributed by atoms with Gasteiger partial charge in [0.25, 0.3) is 5.95 Å². The molecule has 0 N–H and O–H groups in total. The van der Waals surface area contributed by atoms with Crippen molar-refractivity contribution >= 4 is 0 Å². The van der Waals surface area contributed by atoms with Gasteiger partial charge in [-0.25, -0.2) is 4.39 Å². The van der Waals surface area contributed by atoms with Crippen molar-refractivity contribution in [2.75, 3.05) is 6.61 Å². The van der Waals surface area contributed by atoms with Crippen LogP contribution in [-0.2, 0) is 0 Å². The summed E-state index contributed by atoms with van der Waals surface area (Å²) >= 11 is 0. The SMILES string of the molecule is CCOc1ccc(C2CCC(C#Cc3cc(F)c(F)nc3F)CC2)cc1. The number of ether oxygens (including phenoxy) is 1. The van der Waals surface area contributed by atoms with Crippen molar-refractivity contribution in [1.82, 2.24) is 4.98 Å². The zero-order valence-corrected chi connectivity index (χ0v) is 14.6. The molecule has 0 unspecified atom stereocenters. The first-order chi connectivity index (χ1) is 12.6. The van der Waals surface area contributed by atoms with E-state index in [-0.39, 0.29) is 11.5 Å². The van der Waals surface area contributed by atoms with Crippen LogP contribution in [0.4, 0.5) is 13.2 Å². The summed E-state index contributed by atoms with van der Waals surface area (Å²) in [5.74, 6) is 3.38. The maximum Gasteiger partial charge on any atom is 0.251 e. The van der Waals surface area contributed by atoms with Gasteiger partial charge in [-0.15, -0.1) is 0 Å². The van der Waals surface area contributed by atoms with Gasteiger partial charge in [0.2, 0.25) is 5.95 Å². The summed E-state index contributed by atoms with van der Waals surface area (Å²) < 4.78 is 45.0. The van der Waals surface area contributed by atoms with E-state index in [4.69, 9.17) is 4.74 Å². The van der Waals surface area contributed by atoms with E-state index in [1.807, 2.05) is 19.1 Å². The van der Waals surface area contributed by atoms with Crippen LogP contribution in [0.25, 0.3) is 0 Å². The van der Waals surface area contributed by atoms with E-state index in [2.05, 4.69) is 29.0 Å². The van der Waals surface area contributed by atoms with Gasteiger partial charge in [-0.05, 0) is 62.3 Å². The fourth-order valence-electron chi connectivity index (χ4n) is 3.29. The maximum absolute atomic E-state index is 13.5. The Balaban J connectivity index is 1.60. The molecule has 0 saturated heterocycles. The minimum atomic E-state index is -1.44. The van der Waals surface area contributed by atoms with Crippen molar-refractivity contribution in [3.63, 3.8) is 0 Å². The second-order valence-electron chi connectivity index (χ2n) is 6.42. The number of hydrogen-bond donors (Lipinski definition) is 0. The van der Waals surface area contributed by atoms with Gasteiger partial charge in [-0.1, -0.05) is 24.0 Å². The zero-order chi connectivity index (χ0) is 18.5. The lowest BCUT2D eigenvalue weighted by Crippen LogP contribution is -2.12. The van der Waals surface area contributed by atoms with Crippen molar-refractivity contribution < 1.29 is 17.9 Å². The summed E-state index contributed by atoms with van der Waals surface area (Å²) in [7, 11) is 0. The first-order valence-electron chi connectivity index (χ1n) is 8.82. The largest absolute Gasteiger partial charge is 0.494 e. The lowest BCUT2D eigenvalue weighted by molar-refractivity contribution is 0.339. The molecule has 1 heterocycles. The Hall–Kier alpha value is -2.48. The van der Waals surface area contributed by atoms with Gasteiger partial charge in [0.15, 0.2) is 5.82 Å². The average Bonchev–Trinajstić information content (AvgIpc) is 2.65. The number of rotatable bonds is 3. The Bertz CT molecular complexity index is 816. The summed E-state index contributed by atoms with van der Waals surface area (Å²) in [6.45, 7) is 2.61. The molecule has 0 aliphatic heterocycles. The molecule has 1 aromatic carbocycles. The molecular weight excluding hydrogens is 339 g/mol. The molecule has 5 heteroatoms. The van der Waals surface area contributed by atoms with Crippen LogP contribution in [0.2, 0.25) is 0 Å². The van der Waals surface area contributed by atoms with Crippen molar-refractivity contribution in [2.45, 2.75) is 38.5 Å². The van der Waals surface area contributed by atoms with Crippen LogP contribution in [0.15, 0.2) is 30.3 Å². The highest BCUT2D eigenvalue weighted by molar-refractivity contribution is 5.34. The van der Waals surface area contributed by atoms with E-state index in [9.17, 15) is 13.2 Å². The fourth-order valence-corrected chi connectivity index (χ4v) is 3.29. The summed E-state index contributed by atoms with van der Waals surface area (Å²) in [6.07, 6.45) is 3.77. The predicted octanol–water partition coefficient (Wildman–Crippen LogP) is 5.22. The topological polar surface area (TPSA) is 22.1 Å². The molecule has 1 saturated carbocycles. The van der Waals surface area contributed by atoms with Gasteiger partial charge >= 0.3 is 0 Å². The Labute approximate surface area is 151 Å². The molecule has 1 aromatic heterocycles. The standard InChI is InChI=1S/C21H20F3NO/c1-2-26-18-11-9-16(10-12-18)15-6-3-14(4-7-15)5-8-17-13-19(22)21(24)25-20(17)23/h9-15H,2-4,6-7H2,1H3. The van der Waals surface area contributed by atoms with Crippen LogP contribution in [0, 0.1) is 35.5 Å². The molecule has 2 aromatic rings. The Morgan fingerprint density at radius 3 is 2.38 bits per heavy atom. The van der Waals surface area contributed by atoms with E-state index in [1.165, 1.54) is 5.56 Å². The Kier molecular flexibility index (Phi) is 5.82. The van der Waals surface area contributed by atoms with Gasteiger partial charge in [0.05, 0.1) is 12.2 Å². The predicted molar refractivity (Wildman–Crippen MR) is 93.3 cm³/mol. The van der Waals surface area contributed by atoms with Crippen LogP contribution in [-0.4, -0.2) is 11.6 Å². The quantitative estimate of drug-likeness (QED) is 0.553. The highest BCUT2D eigenvalue weighted by atomic mass is 19.2. The molecule has 1 fully saturated rings. The van der Waals surface area contributed by atoms with E-state index in [0.717, 1.165) is 37.5 Å².